The zero-order valence-electron chi connectivity index (χ0n) is 12.1. The van der Waals surface area contributed by atoms with Crippen LogP contribution in [0.15, 0.2) is 46.9 Å². The van der Waals surface area contributed by atoms with Crippen LogP contribution >= 0.6 is 0 Å². The van der Waals surface area contributed by atoms with Crippen molar-refractivity contribution in [2.45, 2.75) is 19.4 Å². The van der Waals surface area contributed by atoms with Gasteiger partial charge < -0.3 is 14.1 Å². The number of nitrogens with zero attached hydrogens (tertiary/aromatic N) is 1. The number of amides is 1. The molecule has 1 saturated heterocycles. The maximum Gasteiger partial charge on any atom is 0.290 e. The lowest BCUT2D eigenvalue weighted by Crippen LogP contribution is -2.43. The summed E-state index contributed by atoms with van der Waals surface area (Å²) in [6.07, 6.45) is 0.790. The molecule has 1 amide bonds. The topological polar surface area (TPSA) is 42.7 Å². The van der Waals surface area contributed by atoms with Crippen LogP contribution in [0.5, 0.6) is 0 Å². The van der Waals surface area contributed by atoms with Crippen molar-refractivity contribution in [3.8, 4) is 0 Å². The highest BCUT2D eigenvalue weighted by Crippen LogP contribution is 2.26. The van der Waals surface area contributed by atoms with Gasteiger partial charge in [-0.15, -0.1) is 0 Å². The van der Waals surface area contributed by atoms with Gasteiger partial charge >= 0.3 is 0 Å². The van der Waals surface area contributed by atoms with E-state index in [9.17, 15) is 4.79 Å². The van der Waals surface area contributed by atoms with Crippen molar-refractivity contribution >= 4 is 5.91 Å². The van der Waals surface area contributed by atoms with E-state index < -0.39 is 0 Å². The van der Waals surface area contributed by atoms with E-state index in [0.29, 0.717) is 25.5 Å². The summed E-state index contributed by atoms with van der Waals surface area (Å²) in [7, 11) is 0. The van der Waals surface area contributed by atoms with E-state index in [2.05, 4.69) is 0 Å². The quantitative estimate of drug-likeness (QED) is 0.870. The smallest absolute Gasteiger partial charge is 0.290 e. The number of morpholine rings is 1. The molecule has 2 aromatic rings. The first-order valence-corrected chi connectivity index (χ1v) is 7.32. The molecule has 0 spiro atoms. The average molecular weight is 285 g/mol. The van der Waals surface area contributed by atoms with Crippen LogP contribution in [0.1, 0.15) is 34.8 Å². The van der Waals surface area contributed by atoms with Crippen molar-refractivity contribution < 1.29 is 13.9 Å². The summed E-state index contributed by atoms with van der Waals surface area (Å²) in [4.78, 5) is 14.5. The number of rotatable bonds is 3. The monoisotopic (exact) mass is 285 g/mol. The summed E-state index contributed by atoms with van der Waals surface area (Å²) < 4.78 is 11.2. The van der Waals surface area contributed by atoms with Gasteiger partial charge in [0.05, 0.1) is 19.3 Å². The Balaban J connectivity index is 1.85. The largest absolute Gasteiger partial charge is 0.456 e. The first-order valence-electron chi connectivity index (χ1n) is 7.32. The summed E-state index contributed by atoms with van der Waals surface area (Å²) in [5.41, 5.74) is 1.09. The molecular weight excluding hydrogens is 266 g/mol. The van der Waals surface area contributed by atoms with Crippen molar-refractivity contribution in [2.24, 2.45) is 0 Å². The average Bonchev–Trinajstić information content (AvgIpc) is 3.04. The van der Waals surface area contributed by atoms with E-state index in [-0.39, 0.29) is 11.9 Å². The van der Waals surface area contributed by atoms with E-state index in [4.69, 9.17) is 9.15 Å². The normalized spacial score (nSPS) is 18.7. The molecule has 21 heavy (non-hydrogen) atoms. The summed E-state index contributed by atoms with van der Waals surface area (Å²) in [5.74, 6) is 1.18. The van der Waals surface area contributed by atoms with Gasteiger partial charge in [0, 0.05) is 13.0 Å². The van der Waals surface area contributed by atoms with Crippen molar-refractivity contribution in [3.63, 3.8) is 0 Å². The summed E-state index contributed by atoms with van der Waals surface area (Å²) in [5, 5.41) is 0. The molecule has 1 fully saturated rings. The molecule has 2 heterocycles. The Hall–Kier alpha value is -2.07. The molecule has 4 heteroatoms. The van der Waals surface area contributed by atoms with E-state index in [0.717, 1.165) is 17.7 Å². The third-order valence-corrected chi connectivity index (χ3v) is 3.79. The SMILES string of the molecule is CCc1ccc(C(=O)N2CCOCC2c2ccccc2)o1. The molecule has 1 aliphatic heterocycles. The molecule has 0 N–H and O–H groups in total. The van der Waals surface area contributed by atoms with Gasteiger partial charge in [-0.25, -0.2) is 0 Å². The van der Waals surface area contributed by atoms with Crippen LogP contribution in [0, 0.1) is 0 Å². The summed E-state index contributed by atoms with van der Waals surface area (Å²) in [6, 6.07) is 13.6. The van der Waals surface area contributed by atoms with Crippen molar-refractivity contribution in [3.05, 3.63) is 59.5 Å². The highest BCUT2D eigenvalue weighted by atomic mass is 16.5. The number of furan rings is 1. The predicted molar refractivity (Wildman–Crippen MR) is 79.1 cm³/mol. The van der Waals surface area contributed by atoms with Gasteiger partial charge in [-0.1, -0.05) is 37.3 Å². The number of aryl methyl sites for hydroxylation is 1. The van der Waals surface area contributed by atoms with Gasteiger partial charge in [0.25, 0.3) is 5.91 Å². The van der Waals surface area contributed by atoms with Crippen molar-refractivity contribution in [2.75, 3.05) is 19.8 Å². The van der Waals surface area contributed by atoms with Gasteiger partial charge in [0.1, 0.15) is 5.76 Å². The molecule has 0 saturated carbocycles. The third-order valence-electron chi connectivity index (χ3n) is 3.79. The third kappa shape index (κ3) is 2.85. The molecule has 1 unspecified atom stereocenters. The fourth-order valence-corrected chi connectivity index (χ4v) is 2.62. The molecule has 110 valence electrons. The van der Waals surface area contributed by atoms with Crippen LogP contribution < -0.4 is 0 Å². The molecule has 0 bridgehead atoms. The molecule has 1 aromatic carbocycles. The van der Waals surface area contributed by atoms with Crippen LogP contribution in [0.4, 0.5) is 0 Å². The minimum atomic E-state index is -0.0631. The maximum atomic E-state index is 12.7. The van der Waals surface area contributed by atoms with Crippen LogP contribution in [0.2, 0.25) is 0 Å². The Bertz CT molecular complexity index is 606. The van der Waals surface area contributed by atoms with Crippen molar-refractivity contribution in [1.82, 2.24) is 4.90 Å². The molecule has 3 rings (SSSR count). The standard InChI is InChI=1S/C17H19NO3/c1-2-14-8-9-16(21-14)17(19)18-10-11-20-12-15(18)13-6-4-3-5-7-13/h3-9,15H,2,10-12H2,1H3. The Labute approximate surface area is 124 Å². The first-order chi connectivity index (χ1) is 10.3. The Morgan fingerprint density at radius 2 is 2.05 bits per heavy atom. The molecule has 4 nitrogen and oxygen atoms in total. The number of hydrogen-bond donors (Lipinski definition) is 0. The lowest BCUT2D eigenvalue weighted by atomic mass is 10.0. The highest BCUT2D eigenvalue weighted by Gasteiger charge is 2.30. The highest BCUT2D eigenvalue weighted by molar-refractivity contribution is 5.92. The Morgan fingerprint density at radius 3 is 2.76 bits per heavy atom. The minimum Gasteiger partial charge on any atom is -0.456 e. The lowest BCUT2D eigenvalue weighted by molar-refractivity contribution is -0.00432. The van der Waals surface area contributed by atoms with Crippen LogP contribution in [0.3, 0.4) is 0 Å². The van der Waals surface area contributed by atoms with Gasteiger partial charge in [-0.05, 0) is 17.7 Å². The first kappa shape index (κ1) is 13.9. The zero-order chi connectivity index (χ0) is 14.7. The number of hydrogen-bond acceptors (Lipinski definition) is 3. The Kier molecular flexibility index (Phi) is 4.06. The summed E-state index contributed by atoms with van der Waals surface area (Å²) in [6.45, 7) is 3.68. The van der Waals surface area contributed by atoms with Crippen LogP contribution in [0.25, 0.3) is 0 Å². The van der Waals surface area contributed by atoms with Gasteiger partial charge in [0.2, 0.25) is 0 Å². The summed E-state index contributed by atoms with van der Waals surface area (Å²) >= 11 is 0. The predicted octanol–water partition coefficient (Wildman–Crippen LogP) is 3.06. The van der Waals surface area contributed by atoms with Gasteiger partial charge in [-0.2, -0.15) is 0 Å². The molecule has 0 aliphatic carbocycles. The molecule has 1 aliphatic rings. The molecule has 1 aromatic heterocycles. The lowest BCUT2D eigenvalue weighted by Gasteiger charge is -2.35. The van der Waals surface area contributed by atoms with E-state index in [1.807, 2.05) is 48.2 Å². The number of ether oxygens (including phenoxy) is 1. The zero-order valence-corrected chi connectivity index (χ0v) is 12.1. The number of benzene rings is 1. The second-order valence-corrected chi connectivity index (χ2v) is 5.12. The van der Waals surface area contributed by atoms with Crippen LogP contribution in [-0.2, 0) is 11.2 Å². The fraction of sp³-hybridized carbons (Fsp3) is 0.353. The Morgan fingerprint density at radius 1 is 1.24 bits per heavy atom. The number of carbonyl (C=O) groups excluding carboxylic acids is 1. The second-order valence-electron chi connectivity index (χ2n) is 5.12. The van der Waals surface area contributed by atoms with E-state index in [1.54, 1.807) is 6.07 Å². The van der Waals surface area contributed by atoms with E-state index in [1.165, 1.54) is 0 Å². The van der Waals surface area contributed by atoms with Crippen molar-refractivity contribution in [1.29, 1.82) is 0 Å². The minimum absolute atomic E-state index is 0.0531. The number of carbonyl (C=O) groups is 1. The molecule has 1 atom stereocenters. The molecular formula is C17H19NO3. The molecule has 0 radical (unpaired) electrons. The van der Waals surface area contributed by atoms with Crippen LogP contribution in [-0.4, -0.2) is 30.6 Å². The van der Waals surface area contributed by atoms with E-state index >= 15 is 0 Å². The maximum absolute atomic E-state index is 12.7. The van der Waals surface area contributed by atoms with Gasteiger partial charge in [-0.3, -0.25) is 4.79 Å². The second kappa shape index (κ2) is 6.14. The van der Waals surface area contributed by atoms with Gasteiger partial charge in [0.15, 0.2) is 5.76 Å². The fourth-order valence-electron chi connectivity index (χ4n) is 2.62.